The van der Waals surface area contributed by atoms with Crippen molar-refractivity contribution in [3.63, 3.8) is 0 Å². The lowest BCUT2D eigenvalue weighted by atomic mass is 9.98. The van der Waals surface area contributed by atoms with Gasteiger partial charge in [0.25, 0.3) is 0 Å². The monoisotopic (exact) mass is 358 g/mol. The van der Waals surface area contributed by atoms with E-state index in [1.54, 1.807) is 18.2 Å². The van der Waals surface area contributed by atoms with Crippen molar-refractivity contribution in [1.29, 1.82) is 0 Å². The van der Waals surface area contributed by atoms with Crippen LogP contribution in [0.2, 0.25) is 0 Å². The molecule has 0 N–H and O–H groups in total. The van der Waals surface area contributed by atoms with Crippen LogP contribution < -0.4 is 4.74 Å². The first-order valence-corrected chi connectivity index (χ1v) is 8.85. The van der Waals surface area contributed by atoms with Gasteiger partial charge >= 0.3 is 6.61 Å². The lowest BCUT2D eigenvalue weighted by Crippen LogP contribution is -2.03. The standard InChI is InChI=1S/C22H21F3O/c1-2-3-4-5-15-6-8-16(9-7-15)17-10-12-19-18(14-17)11-13-20(21(19)23)26-22(24)25/h6-14,22H,2-5H2,1H3. The Balaban J connectivity index is 1.85. The largest absolute Gasteiger partial charge is 0.432 e. The number of alkyl halides is 2. The van der Waals surface area contributed by atoms with Gasteiger partial charge in [0.05, 0.1) is 0 Å². The Hall–Kier alpha value is -2.49. The van der Waals surface area contributed by atoms with Crippen molar-refractivity contribution in [3.8, 4) is 16.9 Å². The number of benzene rings is 3. The third-order valence-corrected chi connectivity index (χ3v) is 4.49. The van der Waals surface area contributed by atoms with Crippen LogP contribution in [0.3, 0.4) is 0 Å². The van der Waals surface area contributed by atoms with Gasteiger partial charge in [-0.25, -0.2) is 4.39 Å². The second-order valence-electron chi connectivity index (χ2n) is 6.35. The second kappa shape index (κ2) is 8.26. The molecule has 0 aromatic heterocycles. The van der Waals surface area contributed by atoms with Gasteiger partial charge in [0.2, 0.25) is 0 Å². The summed E-state index contributed by atoms with van der Waals surface area (Å²) in [4.78, 5) is 0. The number of ether oxygens (including phenoxy) is 1. The molecule has 26 heavy (non-hydrogen) atoms. The van der Waals surface area contributed by atoms with Crippen molar-refractivity contribution in [2.24, 2.45) is 0 Å². The molecule has 3 aromatic rings. The van der Waals surface area contributed by atoms with Gasteiger partial charge in [0.15, 0.2) is 11.6 Å². The van der Waals surface area contributed by atoms with E-state index in [9.17, 15) is 13.2 Å². The van der Waals surface area contributed by atoms with Crippen molar-refractivity contribution in [3.05, 3.63) is 66.0 Å². The molecule has 0 aliphatic carbocycles. The van der Waals surface area contributed by atoms with E-state index in [2.05, 4.69) is 35.9 Å². The zero-order valence-electron chi connectivity index (χ0n) is 14.6. The summed E-state index contributed by atoms with van der Waals surface area (Å²) >= 11 is 0. The molecular weight excluding hydrogens is 337 g/mol. The van der Waals surface area contributed by atoms with Gasteiger partial charge in [0, 0.05) is 5.39 Å². The Morgan fingerprint density at radius 2 is 1.62 bits per heavy atom. The predicted octanol–water partition coefficient (Wildman–Crippen LogP) is 6.98. The van der Waals surface area contributed by atoms with Crippen LogP contribution in [0.1, 0.15) is 31.7 Å². The van der Waals surface area contributed by atoms with Gasteiger partial charge in [0.1, 0.15) is 0 Å². The number of unbranched alkanes of at least 4 members (excludes halogenated alkanes) is 2. The molecule has 0 atom stereocenters. The SMILES string of the molecule is CCCCCc1ccc(-c2ccc3c(F)c(OC(F)F)ccc3c2)cc1. The number of aryl methyl sites for hydroxylation is 1. The van der Waals surface area contributed by atoms with Crippen LogP contribution >= 0.6 is 0 Å². The van der Waals surface area contributed by atoms with Crippen LogP contribution in [0.25, 0.3) is 21.9 Å². The summed E-state index contributed by atoms with van der Waals surface area (Å²) in [5.41, 5.74) is 3.31. The highest BCUT2D eigenvalue weighted by molar-refractivity contribution is 5.89. The van der Waals surface area contributed by atoms with Crippen molar-refractivity contribution < 1.29 is 17.9 Å². The number of rotatable bonds is 7. The molecule has 0 amide bonds. The Morgan fingerprint density at radius 3 is 2.31 bits per heavy atom. The Labute approximate surface area is 151 Å². The maximum atomic E-state index is 14.3. The van der Waals surface area contributed by atoms with Gasteiger partial charge in [-0.05, 0) is 47.1 Å². The molecule has 0 heterocycles. The number of halogens is 3. The Bertz CT molecular complexity index is 872. The molecule has 0 spiro atoms. The molecule has 3 aromatic carbocycles. The molecule has 1 nitrogen and oxygen atoms in total. The lowest BCUT2D eigenvalue weighted by Gasteiger charge is -2.10. The summed E-state index contributed by atoms with van der Waals surface area (Å²) in [5.74, 6) is -1.20. The Kier molecular flexibility index (Phi) is 5.82. The summed E-state index contributed by atoms with van der Waals surface area (Å²) in [5, 5.41) is 0.914. The average Bonchev–Trinajstić information content (AvgIpc) is 2.64. The van der Waals surface area contributed by atoms with E-state index in [0.29, 0.717) is 5.39 Å². The quantitative estimate of drug-likeness (QED) is 0.414. The first kappa shape index (κ1) is 18.3. The highest BCUT2D eigenvalue weighted by Gasteiger charge is 2.13. The summed E-state index contributed by atoms with van der Waals surface area (Å²) in [6.07, 6.45) is 4.70. The maximum absolute atomic E-state index is 14.3. The summed E-state index contributed by atoms with van der Waals surface area (Å²) in [7, 11) is 0. The minimum atomic E-state index is -3.04. The van der Waals surface area contributed by atoms with Gasteiger partial charge in [-0.2, -0.15) is 8.78 Å². The predicted molar refractivity (Wildman–Crippen MR) is 99.2 cm³/mol. The molecule has 0 bridgehead atoms. The molecule has 0 saturated heterocycles. The van der Waals surface area contributed by atoms with E-state index in [4.69, 9.17) is 0 Å². The highest BCUT2D eigenvalue weighted by Crippen LogP contribution is 2.31. The van der Waals surface area contributed by atoms with Crippen molar-refractivity contribution in [2.75, 3.05) is 0 Å². The normalized spacial score (nSPS) is 11.3. The molecule has 0 aliphatic heterocycles. The Morgan fingerprint density at radius 1 is 0.885 bits per heavy atom. The third kappa shape index (κ3) is 4.18. The molecule has 0 unspecified atom stereocenters. The van der Waals surface area contributed by atoms with Crippen LogP contribution in [0.4, 0.5) is 13.2 Å². The topological polar surface area (TPSA) is 9.23 Å². The van der Waals surface area contributed by atoms with E-state index >= 15 is 0 Å². The molecular formula is C22H21F3O. The minimum Gasteiger partial charge on any atom is -0.432 e. The van der Waals surface area contributed by atoms with Gasteiger partial charge in [-0.15, -0.1) is 0 Å². The number of hydrogen-bond acceptors (Lipinski definition) is 1. The van der Waals surface area contributed by atoms with E-state index in [1.807, 2.05) is 6.07 Å². The molecule has 0 radical (unpaired) electrons. The molecule has 3 rings (SSSR count). The van der Waals surface area contributed by atoms with E-state index in [1.165, 1.54) is 30.9 Å². The average molecular weight is 358 g/mol. The maximum Gasteiger partial charge on any atom is 0.387 e. The zero-order chi connectivity index (χ0) is 18.5. The van der Waals surface area contributed by atoms with Crippen LogP contribution in [0, 0.1) is 5.82 Å². The summed E-state index contributed by atoms with van der Waals surface area (Å²) in [6, 6.07) is 16.5. The van der Waals surface area contributed by atoms with E-state index in [-0.39, 0.29) is 5.39 Å². The smallest absolute Gasteiger partial charge is 0.387 e. The number of hydrogen-bond donors (Lipinski definition) is 0. The van der Waals surface area contributed by atoms with Crippen molar-refractivity contribution >= 4 is 10.8 Å². The van der Waals surface area contributed by atoms with Gasteiger partial charge in [-0.1, -0.05) is 62.2 Å². The summed E-state index contributed by atoms with van der Waals surface area (Å²) < 4.78 is 43.2. The molecule has 0 fully saturated rings. The van der Waals surface area contributed by atoms with Crippen LogP contribution in [0.5, 0.6) is 5.75 Å². The zero-order valence-corrected chi connectivity index (χ0v) is 14.6. The second-order valence-corrected chi connectivity index (χ2v) is 6.35. The van der Waals surface area contributed by atoms with Crippen molar-refractivity contribution in [2.45, 2.75) is 39.2 Å². The van der Waals surface area contributed by atoms with Crippen LogP contribution in [-0.2, 0) is 6.42 Å². The molecule has 0 aliphatic rings. The molecule has 0 saturated carbocycles. The first-order valence-electron chi connectivity index (χ1n) is 8.85. The van der Waals surface area contributed by atoms with Gasteiger partial charge in [-0.3, -0.25) is 0 Å². The van der Waals surface area contributed by atoms with Crippen molar-refractivity contribution in [1.82, 2.24) is 0 Å². The first-order chi connectivity index (χ1) is 12.6. The molecule has 4 heteroatoms. The van der Waals surface area contributed by atoms with Crippen LogP contribution in [0.15, 0.2) is 54.6 Å². The lowest BCUT2D eigenvalue weighted by molar-refractivity contribution is -0.0520. The third-order valence-electron chi connectivity index (χ3n) is 4.49. The summed E-state index contributed by atoms with van der Waals surface area (Å²) in [6.45, 7) is -0.856. The van der Waals surface area contributed by atoms with E-state index < -0.39 is 18.2 Å². The minimum absolute atomic E-state index is 0.267. The molecule has 136 valence electrons. The fourth-order valence-corrected chi connectivity index (χ4v) is 3.08. The fourth-order valence-electron chi connectivity index (χ4n) is 3.08. The number of fused-ring (bicyclic) bond motifs is 1. The van der Waals surface area contributed by atoms with Crippen LogP contribution in [-0.4, -0.2) is 6.61 Å². The fraction of sp³-hybridized carbons (Fsp3) is 0.273. The van der Waals surface area contributed by atoms with E-state index in [0.717, 1.165) is 17.5 Å². The highest BCUT2D eigenvalue weighted by atomic mass is 19.3. The van der Waals surface area contributed by atoms with Gasteiger partial charge < -0.3 is 4.74 Å².